The maximum absolute atomic E-state index is 15.3. The largest absolute Gasteiger partial charge is 0.567 e. The summed E-state index contributed by atoms with van der Waals surface area (Å²) in [5.74, 6) is -19.6. The zero-order valence-electron chi connectivity index (χ0n) is 27.1. The number of carboxylic acid groups (broad SMARTS) is 8. The third-order valence-electron chi connectivity index (χ3n) is 6.89. The summed E-state index contributed by atoms with van der Waals surface area (Å²) < 4.78 is 51.8. The van der Waals surface area contributed by atoms with Crippen molar-refractivity contribution in [1.29, 1.82) is 0 Å². The van der Waals surface area contributed by atoms with E-state index >= 15 is 9.13 Å². The second-order valence-electron chi connectivity index (χ2n) is 10.7. The first-order chi connectivity index (χ1) is 26.0. The molecule has 4 rings (SSSR count). The van der Waals surface area contributed by atoms with Crippen LogP contribution >= 0.6 is 14.6 Å². The summed E-state index contributed by atoms with van der Waals surface area (Å²) in [4.78, 5) is 95.5. The molecule has 0 radical (unpaired) electrons. The lowest BCUT2D eigenvalue weighted by molar-refractivity contribution is 0.0676. The van der Waals surface area contributed by atoms with E-state index in [-0.39, 0.29) is 0 Å². The molecular weight excluding hydrogens is 798 g/mol. The smallest absolute Gasteiger partial charge is 0.478 e. The molecule has 24 heteroatoms. The van der Waals surface area contributed by atoms with Crippen LogP contribution in [-0.2, 0) is 9.13 Å². The second-order valence-corrected chi connectivity index (χ2v) is 16.2. The van der Waals surface area contributed by atoms with E-state index < -0.39 is 130 Å². The van der Waals surface area contributed by atoms with Gasteiger partial charge in [0, 0.05) is 0 Å². The SMILES string of the molecule is O=C(O)c1cc(OP(=O)(Oc2cc(C(=O)O)cc(C(=O)O)c2)P(=O)(Oc2cc(C(=O)O)ccc2C(=O)O)Oc2cc(C(=O)O)ccc2C(=O)O)cc(C(=O)O)c1. The normalized spacial score (nSPS) is 11.1. The van der Waals surface area contributed by atoms with Crippen molar-refractivity contribution in [2.75, 3.05) is 0 Å². The van der Waals surface area contributed by atoms with Gasteiger partial charge in [-0.25, -0.2) is 47.5 Å². The van der Waals surface area contributed by atoms with E-state index in [1.165, 1.54) is 0 Å². The topological polar surface area (TPSA) is 369 Å². The molecule has 290 valence electrons. The van der Waals surface area contributed by atoms with Crippen LogP contribution in [0.4, 0.5) is 0 Å². The fourth-order valence-corrected chi connectivity index (χ4v) is 8.68. The summed E-state index contributed by atoms with van der Waals surface area (Å²) in [7, 11) is -12.9. The lowest BCUT2D eigenvalue weighted by Crippen LogP contribution is -2.15. The number of rotatable bonds is 17. The van der Waals surface area contributed by atoms with Gasteiger partial charge in [-0.2, -0.15) is 0 Å². The van der Waals surface area contributed by atoms with Gasteiger partial charge >= 0.3 is 62.3 Å². The Labute approximate surface area is 308 Å². The van der Waals surface area contributed by atoms with Crippen LogP contribution in [-0.4, -0.2) is 88.6 Å². The number of carbonyl (C=O) groups is 8. The summed E-state index contributed by atoms with van der Waals surface area (Å²) in [6.07, 6.45) is 0. The lowest BCUT2D eigenvalue weighted by atomic mass is 10.1. The fourth-order valence-electron chi connectivity index (χ4n) is 4.36. The van der Waals surface area contributed by atoms with E-state index in [1.807, 2.05) is 0 Å². The molecule has 0 aliphatic rings. The number of hydrogen-bond acceptors (Lipinski definition) is 14. The minimum atomic E-state index is -6.50. The highest BCUT2D eigenvalue weighted by atomic mass is 32.1. The number of carboxylic acids is 8. The highest BCUT2D eigenvalue weighted by Crippen LogP contribution is 2.81. The minimum Gasteiger partial charge on any atom is -0.478 e. The number of benzene rings is 4. The maximum Gasteiger partial charge on any atom is 0.567 e. The summed E-state index contributed by atoms with van der Waals surface area (Å²) in [5, 5.41) is 77.2. The van der Waals surface area contributed by atoms with Gasteiger partial charge in [0.05, 0.1) is 33.4 Å². The van der Waals surface area contributed by atoms with E-state index in [0.29, 0.717) is 72.8 Å². The Morgan fingerprint density at radius 3 is 0.857 bits per heavy atom. The van der Waals surface area contributed by atoms with Crippen LogP contribution in [0.3, 0.4) is 0 Å². The zero-order valence-corrected chi connectivity index (χ0v) is 28.9. The van der Waals surface area contributed by atoms with E-state index in [1.54, 1.807) is 0 Å². The molecule has 8 N–H and O–H groups in total. The van der Waals surface area contributed by atoms with Crippen molar-refractivity contribution >= 4 is 62.3 Å². The molecular formula is C32H20O22P2. The van der Waals surface area contributed by atoms with Crippen LogP contribution < -0.4 is 18.1 Å². The van der Waals surface area contributed by atoms with Gasteiger partial charge in [0.2, 0.25) is 0 Å². The lowest BCUT2D eigenvalue weighted by Gasteiger charge is -2.28. The van der Waals surface area contributed by atoms with Crippen molar-refractivity contribution in [2.45, 2.75) is 0 Å². The van der Waals surface area contributed by atoms with Gasteiger partial charge in [0.15, 0.2) is 0 Å². The van der Waals surface area contributed by atoms with E-state index in [9.17, 15) is 79.2 Å². The molecule has 0 aliphatic heterocycles. The van der Waals surface area contributed by atoms with Gasteiger partial charge in [-0.05, 0) is 72.8 Å². The average molecular weight is 818 g/mol. The average Bonchev–Trinajstić information content (AvgIpc) is 3.10. The molecule has 0 fully saturated rings. The molecule has 0 saturated carbocycles. The third-order valence-corrected chi connectivity index (χ3v) is 12.0. The van der Waals surface area contributed by atoms with Crippen LogP contribution in [0.15, 0.2) is 72.8 Å². The molecule has 0 atom stereocenters. The number of hydrogen-bond donors (Lipinski definition) is 8. The molecule has 0 aliphatic carbocycles. The number of aromatic carboxylic acids is 8. The molecule has 0 aromatic heterocycles. The summed E-state index contributed by atoms with van der Waals surface area (Å²) in [5.41, 5.74) is -7.36. The van der Waals surface area contributed by atoms with Crippen LogP contribution in [0.2, 0.25) is 0 Å². The second kappa shape index (κ2) is 15.7. The first-order valence-electron chi connectivity index (χ1n) is 14.5. The predicted octanol–water partition coefficient (Wildman–Crippen LogP) is 5.19. The van der Waals surface area contributed by atoms with Crippen molar-refractivity contribution in [3.63, 3.8) is 0 Å². The predicted molar refractivity (Wildman–Crippen MR) is 179 cm³/mol. The van der Waals surface area contributed by atoms with E-state index in [0.717, 1.165) is 0 Å². The molecule has 0 amide bonds. The zero-order chi connectivity index (χ0) is 41.9. The standard InChI is InChI=1S/C32H20O22P2/c33-25(34)13-1-3-21(31(45)46)23(11-13)53-56(50,54-24-12-14(26(35)36)2-4-22(24)32(47)48)55(49,51-19-7-15(27(37)38)5-16(8-19)28(39)40)52-20-9-17(29(41)42)6-18(10-20)30(43)44/h1-12H,(H,33,34)(H,35,36)(H,37,38)(H,39,40)(H,41,42)(H,43,44)(H,45,46)(H,47,48). The Balaban J connectivity index is 2.17. The van der Waals surface area contributed by atoms with E-state index in [4.69, 9.17) is 18.1 Å². The fraction of sp³-hybridized carbons (Fsp3) is 0. The quantitative estimate of drug-likeness (QED) is 0.0635. The van der Waals surface area contributed by atoms with Crippen molar-refractivity contribution in [3.8, 4) is 23.0 Å². The van der Waals surface area contributed by atoms with Crippen LogP contribution in [0.25, 0.3) is 0 Å². The van der Waals surface area contributed by atoms with Crippen molar-refractivity contribution in [1.82, 2.24) is 0 Å². The molecule has 0 bridgehead atoms. The van der Waals surface area contributed by atoms with Gasteiger partial charge in [-0.3, -0.25) is 0 Å². The van der Waals surface area contributed by atoms with Gasteiger partial charge in [0.25, 0.3) is 0 Å². The van der Waals surface area contributed by atoms with Crippen molar-refractivity contribution in [3.05, 3.63) is 117 Å². The Morgan fingerprint density at radius 1 is 0.339 bits per heavy atom. The highest BCUT2D eigenvalue weighted by molar-refractivity contribution is 8.28. The highest BCUT2D eigenvalue weighted by Gasteiger charge is 2.59. The third kappa shape index (κ3) is 8.90. The Kier molecular flexibility index (Phi) is 11.5. The Bertz CT molecular complexity index is 2260. The first-order valence-corrected chi connectivity index (χ1v) is 18.3. The van der Waals surface area contributed by atoms with Gasteiger partial charge in [0.1, 0.15) is 34.1 Å². The molecule has 22 nitrogen and oxygen atoms in total. The molecule has 0 saturated heterocycles. The monoisotopic (exact) mass is 818 g/mol. The molecule has 4 aromatic carbocycles. The molecule has 0 unspecified atom stereocenters. The molecule has 0 spiro atoms. The van der Waals surface area contributed by atoms with Crippen LogP contribution in [0.5, 0.6) is 23.0 Å². The van der Waals surface area contributed by atoms with E-state index in [2.05, 4.69) is 0 Å². The van der Waals surface area contributed by atoms with Gasteiger partial charge in [-0.15, -0.1) is 0 Å². The summed E-state index contributed by atoms with van der Waals surface area (Å²) in [6, 6.07) is 6.36. The Hall–Kier alpha value is -7.70. The first kappa shape index (κ1) is 41.1. The summed E-state index contributed by atoms with van der Waals surface area (Å²) >= 11 is 0. The minimum absolute atomic E-state index is 0.388. The van der Waals surface area contributed by atoms with Gasteiger partial charge < -0.3 is 58.9 Å². The van der Waals surface area contributed by atoms with Crippen LogP contribution in [0.1, 0.15) is 82.9 Å². The Morgan fingerprint density at radius 2 is 0.607 bits per heavy atom. The molecule has 0 heterocycles. The summed E-state index contributed by atoms with van der Waals surface area (Å²) in [6.45, 7) is 0. The molecule has 56 heavy (non-hydrogen) atoms. The molecule has 4 aromatic rings. The van der Waals surface area contributed by atoms with Crippen molar-refractivity contribution in [2.24, 2.45) is 0 Å². The van der Waals surface area contributed by atoms with Gasteiger partial charge in [-0.1, -0.05) is 0 Å². The maximum atomic E-state index is 15.3. The van der Waals surface area contributed by atoms with Crippen LogP contribution in [0, 0.1) is 0 Å². The van der Waals surface area contributed by atoms with Crippen molar-refractivity contribution < 1.29 is 106 Å².